The first kappa shape index (κ1) is 17.4. The zero-order valence-electron chi connectivity index (χ0n) is 14.2. The maximum absolute atomic E-state index is 12.6. The normalized spacial score (nSPS) is 16.8. The second kappa shape index (κ2) is 7.61. The van der Waals surface area contributed by atoms with Gasteiger partial charge in [-0.05, 0) is 30.5 Å². The number of carbonyl (C=O) groups excluding carboxylic acids is 2. The number of hydrogen-bond donors (Lipinski definition) is 1. The van der Waals surface area contributed by atoms with Gasteiger partial charge in [0.15, 0.2) is 0 Å². The molecule has 2 aromatic carbocycles. The van der Waals surface area contributed by atoms with E-state index in [1.165, 1.54) is 0 Å². The van der Waals surface area contributed by atoms with Crippen LogP contribution in [0.3, 0.4) is 0 Å². The molecule has 0 radical (unpaired) electrons. The first-order valence-electron chi connectivity index (χ1n) is 8.01. The molecule has 0 aliphatic carbocycles. The molecule has 1 fully saturated rings. The van der Waals surface area contributed by atoms with Gasteiger partial charge in [-0.25, -0.2) is 0 Å². The molecule has 1 heterocycles. The minimum absolute atomic E-state index is 0.0669. The van der Waals surface area contributed by atoms with E-state index < -0.39 is 0 Å². The van der Waals surface area contributed by atoms with E-state index in [-0.39, 0.29) is 24.2 Å². The van der Waals surface area contributed by atoms with Crippen molar-refractivity contribution in [3.05, 3.63) is 48.5 Å². The fraction of sp³-hybridized carbons (Fsp3) is 0.263. The van der Waals surface area contributed by atoms with Crippen molar-refractivity contribution in [2.45, 2.75) is 11.3 Å². The molecule has 6 heteroatoms. The summed E-state index contributed by atoms with van der Waals surface area (Å²) >= 11 is 1.57. The van der Waals surface area contributed by atoms with Crippen molar-refractivity contribution in [3.63, 3.8) is 0 Å². The SMILES string of the molecule is COc1ccccc1N1CC(C(=O)Nc2ccccc2SC)CC1=O. The van der Waals surface area contributed by atoms with Crippen LogP contribution in [0.5, 0.6) is 5.75 Å². The fourth-order valence-electron chi connectivity index (χ4n) is 2.95. The van der Waals surface area contributed by atoms with E-state index in [2.05, 4.69) is 5.32 Å². The van der Waals surface area contributed by atoms with Crippen LogP contribution in [0.15, 0.2) is 53.4 Å². The Kier molecular flexibility index (Phi) is 5.28. The lowest BCUT2D eigenvalue weighted by molar-refractivity contribution is -0.122. The largest absolute Gasteiger partial charge is 0.495 e. The zero-order valence-corrected chi connectivity index (χ0v) is 15.0. The van der Waals surface area contributed by atoms with Crippen LogP contribution in [0.1, 0.15) is 6.42 Å². The van der Waals surface area contributed by atoms with Gasteiger partial charge in [0.25, 0.3) is 0 Å². The average Bonchev–Trinajstić information content (AvgIpc) is 3.03. The van der Waals surface area contributed by atoms with Crippen molar-refractivity contribution in [1.29, 1.82) is 0 Å². The van der Waals surface area contributed by atoms with Gasteiger partial charge in [0.2, 0.25) is 11.8 Å². The number of para-hydroxylation sites is 3. The van der Waals surface area contributed by atoms with Gasteiger partial charge >= 0.3 is 0 Å². The summed E-state index contributed by atoms with van der Waals surface area (Å²) < 4.78 is 5.33. The number of amides is 2. The van der Waals surface area contributed by atoms with Crippen LogP contribution in [0, 0.1) is 5.92 Å². The van der Waals surface area contributed by atoms with Crippen LogP contribution in [0.25, 0.3) is 0 Å². The third-order valence-electron chi connectivity index (χ3n) is 4.24. The summed E-state index contributed by atoms with van der Waals surface area (Å²) in [6, 6.07) is 15.0. The molecule has 1 saturated heterocycles. The lowest BCUT2D eigenvalue weighted by Gasteiger charge is -2.19. The second-order valence-electron chi connectivity index (χ2n) is 5.77. The Balaban J connectivity index is 1.75. The summed E-state index contributed by atoms with van der Waals surface area (Å²) in [7, 11) is 1.57. The molecule has 0 saturated carbocycles. The number of thioether (sulfide) groups is 1. The van der Waals surface area contributed by atoms with Gasteiger partial charge in [0, 0.05) is 17.9 Å². The van der Waals surface area contributed by atoms with E-state index in [0.29, 0.717) is 18.0 Å². The lowest BCUT2D eigenvalue weighted by atomic mass is 10.1. The molecular formula is C19H20N2O3S. The Morgan fingerprint density at radius 1 is 1.20 bits per heavy atom. The standard InChI is InChI=1S/C19H20N2O3S/c1-24-16-9-5-4-8-15(16)21-12-13(11-18(21)22)19(23)20-14-7-3-6-10-17(14)25-2/h3-10,13H,11-12H2,1-2H3,(H,20,23). The Bertz CT molecular complexity index is 794. The van der Waals surface area contributed by atoms with Crippen molar-refractivity contribution in [3.8, 4) is 5.75 Å². The highest BCUT2D eigenvalue weighted by molar-refractivity contribution is 7.98. The average molecular weight is 356 g/mol. The molecule has 130 valence electrons. The second-order valence-corrected chi connectivity index (χ2v) is 6.61. The molecule has 0 spiro atoms. The van der Waals surface area contributed by atoms with Gasteiger partial charge < -0.3 is 15.0 Å². The molecule has 2 aromatic rings. The van der Waals surface area contributed by atoms with Gasteiger partial charge in [-0.1, -0.05) is 24.3 Å². The molecule has 2 amide bonds. The summed E-state index contributed by atoms with van der Waals surface area (Å²) in [5, 5.41) is 2.95. The zero-order chi connectivity index (χ0) is 17.8. The van der Waals surface area contributed by atoms with E-state index in [9.17, 15) is 9.59 Å². The number of benzene rings is 2. The number of rotatable bonds is 5. The van der Waals surface area contributed by atoms with Crippen LogP contribution >= 0.6 is 11.8 Å². The predicted octanol–water partition coefficient (Wildman–Crippen LogP) is 3.41. The number of methoxy groups -OCH3 is 1. The maximum atomic E-state index is 12.6. The summed E-state index contributed by atoms with van der Waals surface area (Å²) in [4.78, 5) is 27.7. The summed E-state index contributed by atoms with van der Waals surface area (Å²) in [6.45, 7) is 0.354. The summed E-state index contributed by atoms with van der Waals surface area (Å²) in [6.07, 6.45) is 2.17. The molecule has 1 atom stereocenters. The quantitative estimate of drug-likeness (QED) is 0.834. The first-order valence-corrected chi connectivity index (χ1v) is 9.23. The van der Waals surface area contributed by atoms with Gasteiger partial charge in [0.1, 0.15) is 5.75 Å². The van der Waals surface area contributed by atoms with E-state index in [0.717, 1.165) is 10.6 Å². The highest BCUT2D eigenvalue weighted by Crippen LogP contribution is 2.33. The molecule has 1 aliphatic rings. The third kappa shape index (κ3) is 3.64. The Labute approximate surface area is 151 Å². The maximum Gasteiger partial charge on any atom is 0.229 e. The van der Waals surface area contributed by atoms with E-state index >= 15 is 0 Å². The molecule has 1 unspecified atom stereocenters. The minimum atomic E-state index is -0.382. The molecule has 1 aliphatic heterocycles. The Morgan fingerprint density at radius 2 is 1.92 bits per heavy atom. The van der Waals surface area contributed by atoms with E-state index in [1.54, 1.807) is 23.8 Å². The van der Waals surface area contributed by atoms with Crippen molar-refractivity contribution in [2.75, 3.05) is 30.1 Å². The Morgan fingerprint density at radius 3 is 2.68 bits per heavy atom. The van der Waals surface area contributed by atoms with Crippen molar-refractivity contribution >= 4 is 35.0 Å². The fourth-order valence-corrected chi connectivity index (χ4v) is 3.51. The van der Waals surface area contributed by atoms with E-state index in [1.807, 2.05) is 54.8 Å². The van der Waals surface area contributed by atoms with Crippen molar-refractivity contribution in [2.24, 2.45) is 5.92 Å². The summed E-state index contributed by atoms with van der Waals surface area (Å²) in [5.41, 5.74) is 1.48. The van der Waals surface area contributed by atoms with Gasteiger partial charge in [-0.2, -0.15) is 0 Å². The highest BCUT2D eigenvalue weighted by atomic mass is 32.2. The van der Waals surface area contributed by atoms with Gasteiger partial charge in [0.05, 0.1) is 24.4 Å². The van der Waals surface area contributed by atoms with Crippen molar-refractivity contribution < 1.29 is 14.3 Å². The van der Waals surface area contributed by atoms with Crippen LogP contribution in [-0.4, -0.2) is 31.7 Å². The van der Waals surface area contributed by atoms with Crippen LogP contribution < -0.4 is 15.0 Å². The molecule has 0 aromatic heterocycles. The molecule has 0 bridgehead atoms. The predicted molar refractivity (Wildman–Crippen MR) is 100 cm³/mol. The van der Waals surface area contributed by atoms with Crippen LogP contribution in [-0.2, 0) is 9.59 Å². The number of ether oxygens (including phenoxy) is 1. The number of nitrogens with zero attached hydrogens (tertiary/aromatic N) is 1. The number of anilines is 2. The van der Waals surface area contributed by atoms with Gasteiger partial charge in [-0.15, -0.1) is 11.8 Å². The number of hydrogen-bond acceptors (Lipinski definition) is 4. The topological polar surface area (TPSA) is 58.6 Å². The third-order valence-corrected chi connectivity index (χ3v) is 5.03. The smallest absolute Gasteiger partial charge is 0.229 e. The molecular weight excluding hydrogens is 336 g/mol. The lowest BCUT2D eigenvalue weighted by Crippen LogP contribution is -2.28. The Hall–Kier alpha value is -2.47. The minimum Gasteiger partial charge on any atom is -0.495 e. The number of nitrogens with one attached hydrogen (secondary N) is 1. The van der Waals surface area contributed by atoms with E-state index in [4.69, 9.17) is 4.74 Å². The van der Waals surface area contributed by atoms with Crippen LogP contribution in [0.2, 0.25) is 0 Å². The highest BCUT2D eigenvalue weighted by Gasteiger charge is 2.36. The molecule has 3 rings (SSSR count). The molecule has 5 nitrogen and oxygen atoms in total. The van der Waals surface area contributed by atoms with Crippen LogP contribution in [0.4, 0.5) is 11.4 Å². The monoisotopic (exact) mass is 356 g/mol. The van der Waals surface area contributed by atoms with Crippen molar-refractivity contribution in [1.82, 2.24) is 0 Å². The molecule has 25 heavy (non-hydrogen) atoms. The van der Waals surface area contributed by atoms with Gasteiger partial charge in [-0.3, -0.25) is 9.59 Å². The number of carbonyl (C=O) groups is 2. The molecule has 1 N–H and O–H groups in total. The first-order chi connectivity index (χ1) is 12.1. The summed E-state index contributed by atoms with van der Waals surface area (Å²) in [5.74, 6) is 0.0482.